The van der Waals surface area contributed by atoms with Gasteiger partial charge < -0.3 is 10.1 Å². The van der Waals surface area contributed by atoms with Gasteiger partial charge in [0.05, 0.1) is 0 Å². The largest absolute Gasteiger partial charge is 0.484 e. The van der Waals surface area contributed by atoms with Crippen molar-refractivity contribution in [1.29, 1.82) is 0 Å². The van der Waals surface area contributed by atoms with E-state index >= 15 is 0 Å². The van der Waals surface area contributed by atoms with Crippen LogP contribution in [0.5, 0.6) is 5.75 Å². The number of carbonyl (C=O) groups is 1. The van der Waals surface area contributed by atoms with Gasteiger partial charge in [0.25, 0.3) is 5.91 Å². The van der Waals surface area contributed by atoms with Crippen molar-refractivity contribution in [2.24, 2.45) is 5.41 Å². The predicted molar refractivity (Wildman–Crippen MR) is 96.6 cm³/mol. The molecule has 0 aromatic heterocycles. The fourth-order valence-electron chi connectivity index (χ4n) is 2.27. The van der Waals surface area contributed by atoms with E-state index in [0.29, 0.717) is 12.3 Å². The fourth-order valence-corrected chi connectivity index (χ4v) is 2.54. The van der Waals surface area contributed by atoms with Crippen LogP contribution in [0.2, 0.25) is 0 Å². The van der Waals surface area contributed by atoms with E-state index in [4.69, 9.17) is 4.74 Å². The first kappa shape index (κ1) is 17.5. The summed E-state index contributed by atoms with van der Waals surface area (Å²) in [5, 5.41) is 2.95. The highest BCUT2D eigenvalue weighted by Crippen LogP contribution is 2.22. The molecule has 23 heavy (non-hydrogen) atoms. The third-order valence-corrected chi connectivity index (χ3v) is 4.00. The molecule has 0 spiro atoms. The first-order chi connectivity index (χ1) is 10.9. The van der Waals surface area contributed by atoms with Crippen molar-refractivity contribution in [3.8, 4) is 5.75 Å². The standard InChI is InChI=1S/C19H22BrNO2/c1-19(2,12-15-8-10-16(20)11-9-15)14-21-18(22)13-23-17-6-4-3-5-7-17/h3-11H,12-14H2,1-2H3,(H,21,22). The predicted octanol–water partition coefficient (Wildman–Crippen LogP) is 4.21. The average Bonchev–Trinajstić information content (AvgIpc) is 2.54. The van der Waals surface area contributed by atoms with Crippen molar-refractivity contribution in [2.75, 3.05) is 13.2 Å². The molecule has 2 rings (SSSR count). The van der Waals surface area contributed by atoms with E-state index < -0.39 is 0 Å². The highest BCUT2D eigenvalue weighted by Gasteiger charge is 2.19. The minimum absolute atomic E-state index is 0.0176. The molecule has 0 aliphatic carbocycles. The number of halogens is 1. The third kappa shape index (κ3) is 6.45. The second-order valence-electron chi connectivity index (χ2n) is 6.35. The number of carbonyl (C=O) groups excluding carboxylic acids is 1. The van der Waals surface area contributed by atoms with E-state index in [1.807, 2.05) is 42.5 Å². The number of amides is 1. The lowest BCUT2D eigenvalue weighted by Gasteiger charge is -2.25. The van der Waals surface area contributed by atoms with Gasteiger partial charge in [0.15, 0.2) is 6.61 Å². The highest BCUT2D eigenvalue weighted by molar-refractivity contribution is 9.10. The Morgan fingerprint density at radius 2 is 1.74 bits per heavy atom. The van der Waals surface area contributed by atoms with E-state index in [9.17, 15) is 4.79 Å². The third-order valence-electron chi connectivity index (χ3n) is 3.47. The van der Waals surface area contributed by atoms with Crippen molar-refractivity contribution in [2.45, 2.75) is 20.3 Å². The minimum Gasteiger partial charge on any atom is -0.484 e. The van der Waals surface area contributed by atoms with Crippen molar-refractivity contribution in [3.63, 3.8) is 0 Å². The Balaban J connectivity index is 1.76. The van der Waals surface area contributed by atoms with Gasteiger partial charge in [0.1, 0.15) is 5.75 Å². The molecule has 0 saturated heterocycles. The second-order valence-corrected chi connectivity index (χ2v) is 7.26. The summed E-state index contributed by atoms with van der Waals surface area (Å²) in [5.41, 5.74) is 1.24. The molecule has 122 valence electrons. The number of hydrogen-bond donors (Lipinski definition) is 1. The molecule has 4 heteroatoms. The van der Waals surface area contributed by atoms with Gasteiger partial charge in [-0.05, 0) is 41.7 Å². The molecule has 3 nitrogen and oxygen atoms in total. The monoisotopic (exact) mass is 375 g/mol. The number of rotatable bonds is 7. The quantitative estimate of drug-likeness (QED) is 0.786. The first-order valence-corrected chi connectivity index (χ1v) is 8.43. The Morgan fingerprint density at radius 3 is 2.39 bits per heavy atom. The summed E-state index contributed by atoms with van der Waals surface area (Å²) in [6.45, 7) is 4.94. The maximum atomic E-state index is 11.9. The molecule has 0 fully saturated rings. The van der Waals surface area contributed by atoms with Gasteiger partial charge in [-0.25, -0.2) is 0 Å². The number of benzene rings is 2. The van der Waals surface area contributed by atoms with Crippen molar-refractivity contribution in [3.05, 3.63) is 64.6 Å². The Hall–Kier alpha value is -1.81. The zero-order chi connectivity index (χ0) is 16.7. The molecule has 0 radical (unpaired) electrons. The second kappa shape index (κ2) is 8.16. The van der Waals surface area contributed by atoms with Crippen LogP contribution in [-0.2, 0) is 11.2 Å². The van der Waals surface area contributed by atoms with Crippen LogP contribution in [0.3, 0.4) is 0 Å². The van der Waals surface area contributed by atoms with Crippen LogP contribution >= 0.6 is 15.9 Å². The van der Waals surface area contributed by atoms with Gasteiger partial charge >= 0.3 is 0 Å². The van der Waals surface area contributed by atoms with Crippen molar-refractivity contribution < 1.29 is 9.53 Å². The molecule has 0 saturated carbocycles. The van der Waals surface area contributed by atoms with E-state index in [0.717, 1.165) is 10.9 Å². The summed E-state index contributed by atoms with van der Waals surface area (Å²) in [6.07, 6.45) is 0.903. The number of para-hydroxylation sites is 1. The molecule has 0 bridgehead atoms. The van der Waals surface area contributed by atoms with Crippen LogP contribution in [0.15, 0.2) is 59.1 Å². The lowest BCUT2D eigenvalue weighted by molar-refractivity contribution is -0.123. The van der Waals surface area contributed by atoms with E-state index in [1.54, 1.807) is 0 Å². The topological polar surface area (TPSA) is 38.3 Å². The van der Waals surface area contributed by atoms with Gasteiger partial charge in [0, 0.05) is 11.0 Å². The SMILES string of the molecule is CC(C)(CNC(=O)COc1ccccc1)Cc1ccc(Br)cc1. The van der Waals surface area contributed by atoms with E-state index in [-0.39, 0.29) is 17.9 Å². The van der Waals surface area contributed by atoms with Crippen LogP contribution in [0.4, 0.5) is 0 Å². The molecule has 1 amide bonds. The fraction of sp³-hybridized carbons (Fsp3) is 0.316. The molecule has 0 unspecified atom stereocenters. The van der Waals surface area contributed by atoms with E-state index in [1.165, 1.54) is 5.56 Å². The molecule has 1 N–H and O–H groups in total. The molecule has 0 atom stereocenters. The smallest absolute Gasteiger partial charge is 0.257 e. The van der Waals surface area contributed by atoms with Gasteiger partial charge in [-0.15, -0.1) is 0 Å². The van der Waals surface area contributed by atoms with E-state index in [2.05, 4.69) is 47.2 Å². The molecule has 0 heterocycles. The van der Waals surface area contributed by atoms with Gasteiger partial charge in [0.2, 0.25) is 0 Å². The minimum atomic E-state index is -0.0993. The lowest BCUT2D eigenvalue weighted by atomic mass is 9.85. The maximum Gasteiger partial charge on any atom is 0.257 e. The first-order valence-electron chi connectivity index (χ1n) is 7.64. The summed E-state index contributed by atoms with van der Waals surface area (Å²) < 4.78 is 6.52. The number of nitrogens with one attached hydrogen (secondary N) is 1. The average molecular weight is 376 g/mol. The zero-order valence-corrected chi connectivity index (χ0v) is 15.1. The summed E-state index contributed by atoms with van der Waals surface area (Å²) in [5.74, 6) is 0.606. The Labute approximate surface area is 146 Å². The van der Waals surface area contributed by atoms with Crippen molar-refractivity contribution in [1.82, 2.24) is 5.32 Å². The molecule has 0 aliphatic rings. The van der Waals surface area contributed by atoms with Crippen LogP contribution in [0, 0.1) is 5.41 Å². The molecular formula is C19H22BrNO2. The Kier molecular flexibility index (Phi) is 6.22. The van der Waals surface area contributed by atoms with Crippen LogP contribution in [-0.4, -0.2) is 19.1 Å². The van der Waals surface area contributed by atoms with Crippen molar-refractivity contribution >= 4 is 21.8 Å². The van der Waals surface area contributed by atoms with Crippen LogP contribution in [0.25, 0.3) is 0 Å². The summed E-state index contributed by atoms with van der Waals surface area (Å²) in [6, 6.07) is 17.6. The number of hydrogen-bond acceptors (Lipinski definition) is 2. The summed E-state index contributed by atoms with van der Waals surface area (Å²) in [7, 11) is 0. The molecular weight excluding hydrogens is 354 g/mol. The summed E-state index contributed by atoms with van der Waals surface area (Å²) >= 11 is 3.44. The summed E-state index contributed by atoms with van der Waals surface area (Å²) in [4.78, 5) is 11.9. The molecule has 0 aliphatic heterocycles. The Bertz CT molecular complexity index is 624. The van der Waals surface area contributed by atoms with Gasteiger partial charge in [-0.2, -0.15) is 0 Å². The normalized spacial score (nSPS) is 11.1. The lowest BCUT2D eigenvalue weighted by Crippen LogP contribution is -2.37. The molecule has 2 aromatic carbocycles. The highest BCUT2D eigenvalue weighted by atomic mass is 79.9. The van der Waals surface area contributed by atoms with Gasteiger partial charge in [-0.3, -0.25) is 4.79 Å². The van der Waals surface area contributed by atoms with Crippen LogP contribution in [0.1, 0.15) is 19.4 Å². The zero-order valence-electron chi connectivity index (χ0n) is 13.5. The Morgan fingerprint density at radius 1 is 1.09 bits per heavy atom. The van der Waals surface area contributed by atoms with Crippen LogP contribution < -0.4 is 10.1 Å². The van der Waals surface area contributed by atoms with Gasteiger partial charge in [-0.1, -0.05) is 60.1 Å². The molecule has 2 aromatic rings. The maximum absolute atomic E-state index is 11.9. The number of ether oxygens (including phenoxy) is 1.